The molecule has 0 amide bonds. The minimum absolute atomic E-state index is 0. The first kappa shape index (κ1) is 21.7. The molecule has 0 saturated heterocycles. The summed E-state index contributed by atoms with van der Waals surface area (Å²) in [4.78, 5) is 20.6. The number of nitrogens with zero attached hydrogens (tertiary/aromatic N) is 1. The quantitative estimate of drug-likeness (QED) is 0.410. The predicted octanol–water partition coefficient (Wildman–Crippen LogP) is -2.67. The molecule has 0 aromatic rings. The maximum Gasteiger partial charge on any atom is 0.506 e. The van der Waals surface area contributed by atoms with Crippen LogP contribution in [-0.2, 0) is 28.4 Å². The number of halogens is 1. The third kappa shape index (κ3) is 10.8. The fourth-order valence-electron chi connectivity index (χ4n) is 1.18. The molecule has 1 aliphatic rings. The van der Waals surface area contributed by atoms with Crippen molar-refractivity contribution < 1.29 is 43.3 Å². The van der Waals surface area contributed by atoms with Crippen LogP contribution < -0.4 is 12.4 Å². The molecule has 0 fully saturated rings. The summed E-state index contributed by atoms with van der Waals surface area (Å²) in [6, 6.07) is 0. The topological polar surface area (TPSA) is 86.7 Å². The van der Waals surface area contributed by atoms with Crippen molar-refractivity contribution in [2.24, 2.45) is 0 Å². The number of hydrogen-bond donors (Lipinski definition) is 0. The smallest absolute Gasteiger partial charge is 0.506 e. The standard InChI is InChI=1S/C8H16N.C4H2O6S.ClH/c1-5-7-9(3,4)8-6-2;5-3-1-2-4(6)10-11(7,8)9-3;/h5-6H,1-2,7-8H2,3-4H3;1-2H;1H/q+1;;/p-1. The number of likely N-dealkylation sites (N-methyl/N-ethyl adjacent to an activating group) is 1. The molecule has 0 atom stereocenters. The van der Waals surface area contributed by atoms with Gasteiger partial charge in [0.1, 0.15) is 0 Å². The summed E-state index contributed by atoms with van der Waals surface area (Å²) < 4.78 is 29.0. The third-order valence-electron chi connectivity index (χ3n) is 1.97. The Labute approximate surface area is 130 Å². The summed E-state index contributed by atoms with van der Waals surface area (Å²) in [6.45, 7) is 9.37. The fraction of sp³-hybridized carbons (Fsp3) is 0.333. The molecule has 21 heavy (non-hydrogen) atoms. The summed E-state index contributed by atoms with van der Waals surface area (Å²) >= 11 is 0. The third-order valence-corrected chi connectivity index (χ3v) is 2.71. The highest BCUT2D eigenvalue weighted by molar-refractivity contribution is 7.82. The van der Waals surface area contributed by atoms with Gasteiger partial charge in [-0.05, 0) is 12.2 Å². The molecule has 0 bridgehead atoms. The molecule has 0 aromatic carbocycles. The van der Waals surface area contributed by atoms with Crippen LogP contribution in [0.2, 0.25) is 0 Å². The Bertz CT molecular complexity index is 486. The van der Waals surface area contributed by atoms with E-state index >= 15 is 0 Å². The van der Waals surface area contributed by atoms with Crippen LogP contribution in [0, 0.1) is 0 Å². The van der Waals surface area contributed by atoms with Gasteiger partial charge in [0.05, 0.1) is 27.2 Å². The Morgan fingerprint density at radius 2 is 1.38 bits per heavy atom. The average Bonchev–Trinajstić information content (AvgIpc) is 2.36. The Hall–Kier alpha value is -1.64. The minimum atomic E-state index is -4.48. The van der Waals surface area contributed by atoms with E-state index in [-0.39, 0.29) is 12.4 Å². The number of hydrogen-bond acceptors (Lipinski definition) is 6. The van der Waals surface area contributed by atoms with Gasteiger partial charge in [-0.25, -0.2) is 9.59 Å². The molecule has 120 valence electrons. The normalized spacial score (nSPS) is 16.1. The van der Waals surface area contributed by atoms with Crippen molar-refractivity contribution in [3.63, 3.8) is 0 Å². The van der Waals surface area contributed by atoms with Crippen LogP contribution >= 0.6 is 0 Å². The Balaban J connectivity index is 0. The number of carbonyl (C=O) groups is 2. The van der Waals surface area contributed by atoms with Crippen LogP contribution in [-0.4, -0.2) is 52.0 Å². The monoisotopic (exact) mass is 339 g/mol. The summed E-state index contributed by atoms with van der Waals surface area (Å²) in [7, 11) is -0.167. The molecule has 0 aliphatic carbocycles. The van der Waals surface area contributed by atoms with Crippen molar-refractivity contribution in [2.45, 2.75) is 0 Å². The van der Waals surface area contributed by atoms with E-state index in [1.54, 1.807) is 0 Å². The van der Waals surface area contributed by atoms with Gasteiger partial charge in [-0.15, -0.1) is 8.42 Å². The van der Waals surface area contributed by atoms with Crippen molar-refractivity contribution >= 4 is 22.3 Å². The maximum atomic E-state index is 10.4. The van der Waals surface area contributed by atoms with E-state index in [1.807, 2.05) is 12.2 Å². The highest BCUT2D eigenvalue weighted by Gasteiger charge is 2.23. The predicted molar refractivity (Wildman–Crippen MR) is 72.5 cm³/mol. The molecular formula is C12H18ClNO6S. The highest BCUT2D eigenvalue weighted by Crippen LogP contribution is 2.02. The van der Waals surface area contributed by atoms with Gasteiger partial charge in [0.25, 0.3) is 0 Å². The molecule has 0 spiro atoms. The van der Waals surface area contributed by atoms with Gasteiger partial charge in [0, 0.05) is 12.2 Å². The first-order valence-electron chi connectivity index (χ1n) is 5.55. The van der Waals surface area contributed by atoms with Crippen LogP contribution in [0.1, 0.15) is 0 Å². The first-order chi connectivity index (χ1) is 9.12. The zero-order valence-corrected chi connectivity index (χ0v) is 13.4. The van der Waals surface area contributed by atoms with E-state index in [9.17, 15) is 18.0 Å². The van der Waals surface area contributed by atoms with E-state index in [0.29, 0.717) is 12.2 Å². The second-order valence-electron chi connectivity index (χ2n) is 4.42. The number of rotatable bonds is 4. The van der Waals surface area contributed by atoms with Crippen molar-refractivity contribution in [3.8, 4) is 0 Å². The van der Waals surface area contributed by atoms with Crippen LogP contribution in [0.3, 0.4) is 0 Å². The lowest BCUT2D eigenvalue weighted by Gasteiger charge is -2.26. The Kier molecular flexibility index (Phi) is 9.62. The highest BCUT2D eigenvalue weighted by atomic mass is 35.5. The van der Waals surface area contributed by atoms with Gasteiger partial charge < -0.3 is 25.3 Å². The lowest BCUT2D eigenvalue weighted by Crippen LogP contribution is -3.00. The van der Waals surface area contributed by atoms with Gasteiger partial charge >= 0.3 is 22.3 Å². The number of carbonyl (C=O) groups excluding carboxylic acids is 2. The second-order valence-corrected chi connectivity index (χ2v) is 5.57. The average molecular weight is 340 g/mol. The van der Waals surface area contributed by atoms with E-state index in [2.05, 4.69) is 35.6 Å². The second kappa shape index (κ2) is 9.32. The van der Waals surface area contributed by atoms with Crippen molar-refractivity contribution in [1.29, 1.82) is 0 Å². The van der Waals surface area contributed by atoms with Crippen LogP contribution in [0.25, 0.3) is 0 Å². The van der Waals surface area contributed by atoms with Gasteiger partial charge in [-0.3, -0.25) is 0 Å². The lowest BCUT2D eigenvalue weighted by atomic mass is 10.4. The first-order valence-corrected chi connectivity index (χ1v) is 6.89. The van der Waals surface area contributed by atoms with Gasteiger partial charge in [0.15, 0.2) is 0 Å². The summed E-state index contributed by atoms with van der Waals surface area (Å²) in [5.41, 5.74) is 0. The van der Waals surface area contributed by atoms with E-state index in [1.165, 1.54) is 0 Å². The molecule has 1 rings (SSSR count). The molecule has 7 nitrogen and oxygen atoms in total. The van der Waals surface area contributed by atoms with Gasteiger partial charge in [0.2, 0.25) is 0 Å². The molecule has 0 aromatic heterocycles. The van der Waals surface area contributed by atoms with Crippen molar-refractivity contribution in [1.82, 2.24) is 0 Å². The van der Waals surface area contributed by atoms with Crippen LogP contribution in [0.5, 0.6) is 0 Å². The molecular weight excluding hydrogens is 322 g/mol. The number of quaternary nitrogens is 1. The fourth-order valence-corrected chi connectivity index (χ4v) is 1.73. The van der Waals surface area contributed by atoms with Crippen LogP contribution in [0.15, 0.2) is 37.5 Å². The van der Waals surface area contributed by atoms with Gasteiger partial charge in [-0.2, -0.15) is 0 Å². The molecule has 1 aliphatic heterocycles. The largest absolute Gasteiger partial charge is 1.00 e. The Morgan fingerprint density at radius 1 is 1.05 bits per heavy atom. The Morgan fingerprint density at radius 3 is 1.67 bits per heavy atom. The summed E-state index contributed by atoms with van der Waals surface area (Å²) in [5, 5.41) is 0. The zero-order valence-electron chi connectivity index (χ0n) is 11.8. The SMILES string of the molecule is C=CC[N+](C)(C)CC=C.O=C1C=CC(=O)OS(=O)(=O)O1.[Cl-]. The summed E-state index contributed by atoms with van der Waals surface area (Å²) in [5.74, 6) is -2.31. The minimum Gasteiger partial charge on any atom is -1.00 e. The van der Waals surface area contributed by atoms with Crippen LogP contribution in [0.4, 0.5) is 0 Å². The molecule has 9 heteroatoms. The van der Waals surface area contributed by atoms with E-state index in [0.717, 1.165) is 17.6 Å². The summed E-state index contributed by atoms with van der Waals surface area (Å²) in [6.07, 6.45) is 5.19. The van der Waals surface area contributed by atoms with Crippen molar-refractivity contribution in [3.05, 3.63) is 37.5 Å². The van der Waals surface area contributed by atoms with Crippen molar-refractivity contribution in [2.75, 3.05) is 27.2 Å². The molecule has 0 saturated carbocycles. The molecule has 0 unspecified atom stereocenters. The molecule has 0 radical (unpaired) electrons. The zero-order chi connectivity index (χ0) is 15.8. The van der Waals surface area contributed by atoms with Gasteiger partial charge in [-0.1, -0.05) is 13.2 Å². The molecule has 0 N–H and O–H groups in total. The van der Waals surface area contributed by atoms with E-state index in [4.69, 9.17) is 0 Å². The lowest BCUT2D eigenvalue weighted by molar-refractivity contribution is -0.878. The van der Waals surface area contributed by atoms with E-state index < -0.39 is 22.3 Å². The maximum absolute atomic E-state index is 10.4. The molecule has 1 heterocycles.